The Morgan fingerprint density at radius 2 is 2.00 bits per heavy atom. The molecule has 0 saturated carbocycles. The monoisotopic (exact) mass is 221 g/mol. The van der Waals surface area contributed by atoms with Gasteiger partial charge in [-0.05, 0) is 18.2 Å². The molecule has 2 nitrogen and oxygen atoms in total. The first-order chi connectivity index (χ1) is 6.39. The second-order valence-electron chi connectivity index (χ2n) is 2.51. The van der Waals surface area contributed by atoms with E-state index in [4.69, 9.17) is 0 Å². The van der Waals surface area contributed by atoms with Crippen LogP contribution >= 0.6 is 12.6 Å². The maximum absolute atomic E-state index is 12.2. The van der Waals surface area contributed by atoms with E-state index in [2.05, 4.69) is 17.9 Å². The molecule has 1 amide bonds. The molecule has 1 N–H and O–H groups in total. The van der Waals surface area contributed by atoms with Crippen LogP contribution in [-0.4, -0.2) is 5.24 Å². The van der Waals surface area contributed by atoms with Crippen LogP contribution in [0.4, 0.5) is 23.7 Å². The SMILES string of the molecule is O=C(S)Nc1cccc(C(F)(F)F)c1. The molecule has 0 aromatic heterocycles. The minimum absolute atomic E-state index is 0.0693. The highest BCUT2D eigenvalue weighted by Gasteiger charge is 2.30. The van der Waals surface area contributed by atoms with Crippen molar-refractivity contribution in [3.8, 4) is 0 Å². The van der Waals surface area contributed by atoms with Crippen LogP contribution in [0.2, 0.25) is 0 Å². The molecule has 0 fully saturated rings. The van der Waals surface area contributed by atoms with Gasteiger partial charge in [0.15, 0.2) is 0 Å². The zero-order valence-electron chi connectivity index (χ0n) is 6.80. The molecule has 0 aliphatic rings. The topological polar surface area (TPSA) is 29.1 Å². The molecule has 1 aromatic carbocycles. The fourth-order valence-electron chi connectivity index (χ4n) is 0.897. The standard InChI is InChI=1S/C8H6F3NOS/c9-8(10,11)5-2-1-3-6(4-5)12-7(13)14/h1-4H,(H2,12,13,14). The molecule has 0 spiro atoms. The zero-order valence-corrected chi connectivity index (χ0v) is 7.69. The van der Waals surface area contributed by atoms with Gasteiger partial charge in [-0.1, -0.05) is 18.7 Å². The van der Waals surface area contributed by atoms with E-state index in [9.17, 15) is 18.0 Å². The second kappa shape index (κ2) is 3.91. The predicted molar refractivity (Wildman–Crippen MR) is 49.4 cm³/mol. The van der Waals surface area contributed by atoms with Gasteiger partial charge in [-0.2, -0.15) is 13.2 Å². The van der Waals surface area contributed by atoms with Crippen molar-refractivity contribution in [3.05, 3.63) is 29.8 Å². The van der Waals surface area contributed by atoms with Gasteiger partial charge in [0.1, 0.15) is 0 Å². The fourth-order valence-corrected chi connectivity index (χ4v) is 1.03. The molecule has 76 valence electrons. The van der Waals surface area contributed by atoms with Gasteiger partial charge in [-0.25, -0.2) is 0 Å². The lowest BCUT2D eigenvalue weighted by Gasteiger charge is -2.08. The normalized spacial score (nSPS) is 11.1. The Kier molecular flexibility index (Phi) is 3.05. The summed E-state index contributed by atoms with van der Waals surface area (Å²) in [7, 11) is 0. The average Bonchev–Trinajstić information content (AvgIpc) is 2.01. The number of alkyl halides is 3. The molecule has 0 heterocycles. The molecule has 0 aliphatic carbocycles. The van der Waals surface area contributed by atoms with Crippen molar-refractivity contribution < 1.29 is 18.0 Å². The van der Waals surface area contributed by atoms with E-state index in [0.717, 1.165) is 12.1 Å². The maximum atomic E-state index is 12.2. The average molecular weight is 221 g/mol. The van der Waals surface area contributed by atoms with Crippen molar-refractivity contribution in [2.75, 3.05) is 5.32 Å². The number of thiol groups is 1. The number of benzene rings is 1. The number of nitrogens with one attached hydrogen (secondary N) is 1. The third kappa shape index (κ3) is 2.95. The minimum Gasteiger partial charge on any atom is -0.317 e. The van der Waals surface area contributed by atoms with Crippen molar-refractivity contribution in [2.24, 2.45) is 0 Å². The number of carbonyl (C=O) groups is 1. The van der Waals surface area contributed by atoms with Crippen LogP contribution in [0.1, 0.15) is 5.56 Å². The van der Waals surface area contributed by atoms with Gasteiger partial charge < -0.3 is 5.32 Å². The zero-order chi connectivity index (χ0) is 10.8. The van der Waals surface area contributed by atoms with Crippen LogP contribution in [0, 0.1) is 0 Å². The molecule has 0 bridgehead atoms. The highest BCUT2D eigenvalue weighted by Crippen LogP contribution is 2.30. The first-order valence-electron chi connectivity index (χ1n) is 3.57. The summed E-state index contributed by atoms with van der Waals surface area (Å²) >= 11 is 3.38. The summed E-state index contributed by atoms with van der Waals surface area (Å²) in [5.74, 6) is 0. The molecule has 0 radical (unpaired) electrons. The van der Waals surface area contributed by atoms with Crippen LogP contribution in [0.3, 0.4) is 0 Å². The van der Waals surface area contributed by atoms with Gasteiger partial charge in [-0.15, -0.1) is 0 Å². The Hall–Kier alpha value is -1.17. The van der Waals surface area contributed by atoms with Gasteiger partial charge in [0.2, 0.25) is 0 Å². The minimum atomic E-state index is -4.41. The van der Waals surface area contributed by atoms with E-state index in [0.29, 0.717) is 0 Å². The third-order valence-corrected chi connectivity index (χ3v) is 1.55. The number of anilines is 1. The quantitative estimate of drug-likeness (QED) is 0.701. The summed E-state index contributed by atoms with van der Waals surface area (Å²) in [5.41, 5.74) is -0.739. The van der Waals surface area contributed by atoms with Gasteiger partial charge in [0, 0.05) is 5.69 Å². The number of carbonyl (C=O) groups excluding carboxylic acids is 1. The van der Waals surface area contributed by atoms with E-state index >= 15 is 0 Å². The second-order valence-corrected chi connectivity index (χ2v) is 2.91. The third-order valence-electron chi connectivity index (χ3n) is 1.44. The van der Waals surface area contributed by atoms with Gasteiger partial charge >= 0.3 is 6.18 Å². The van der Waals surface area contributed by atoms with Crippen LogP contribution < -0.4 is 5.32 Å². The molecule has 0 saturated heterocycles. The Morgan fingerprint density at radius 3 is 2.50 bits per heavy atom. The number of rotatable bonds is 1. The fraction of sp³-hybridized carbons (Fsp3) is 0.125. The van der Waals surface area contributed by atoms with Crippen LogP contribution in [-0.2, 0) is 6.18 Å². The summed E-state index contributed by atoms with van der Waals surface area (Å²) in [6.45, 7) is 0. The summed E-state index contributed by atoms with van der Waals surface area (Å²) in [5, 5.41) is 1.44. The number of hydrogen-bond donors (Lipinski definition) is 2. The smallest absolute Gasteiger partial charge is 0.317 e. The van der Waals surface area contributed by atoms with E-state index < -0.39 is 17.0 Å². The first-order valence-corrected chi connectivity index (χ1v) is 4.01. The van der Waals surface area contributed by atoms with Gasteiger partial charge in [0.05, 0.1) is 5.56 Å². The summed E-state index contributed by atoms with van der Waals surface area (Å²) < 4.78 is 36.5. The predicted octanol–water partition coefficient (Wildman–Crippen LogP) is 3.17. The molecule has 14 heavy (non-hydrogen) atoms. The van der Waals surface area contributed by atoms with E-state index in [1.807, 2.05) is 0 Å². The molecule has 6 heteroatoms. The molecule has 0 unspecified atom stereocenters. The van der Waals surface area contributed by atoms with E-state index in [-0.39, 0.29) is 5.69 Å². The number of amides is 1. The molecule has 1 aromatic rings. The van der Waals surface area contributed by atoms with E-state index in [1.165, 1.54) is 12.1 Å². The highest BCUT2D eigenvalue weighted by atomic mass is 32.1. The van der Waals surface area contributed by atoms with Crippen molar-refractivity contribution in [3.63, 3.8) is 0 Å². The Labute approximate surface area is 83.5 Å². The summed E-state index contributed by atoms with van der Waals surface area (Å²) in [6, 6.07) is 4.33. The lowest BCUT2D eigenvalue weighted by atomic mass is 10.2. The number of hydrogen-bond acceptors (Lipinski definition) is 1. The summed E-state index contributed by atoms with van der Waals surface area (Å²) in [6.07, 6.45) is -4.41. The van der Waals surface area contributed by atoms with Crippen LogP contribution in [0.5, 0.6) is 0 Å². The lowest BCUT2D eigenvalue weighted by molar-refractivity contribution is -0.137. The summed E-state index contributed by atoms with van der Waals surface area (Å²) in [4.78, 5) is 10.4. The Balaban J connectivity index is 2.95. The van der Waals surface area contributed by atoms with Gasteiger partial charge in [0.25, 0.3) is 5.24 Å². The highest BCUT2D eigenvalue weighted by molar-refractivity contribution is 7.96. The molecular formula is C8H6F3NOS. The van der Waals surface area contributed by atoms with Gasteiger partial charge in [-0.3, -0.25) is 4.79 Å². The van der Waals surface area contributed by atoms with E-state index in [1.54, 1.807) is 0 Å². The van der Waals surface area contributed by atoms with Crippen molar-refractivity contribution >= 4 is 23.6 Å². The maximum Gasteiger partial charge on any atom is 0.416 e. The number of halogens is 3. The molecule has 0 atom stereocenters. The lowest BCUT2D eigenvalue weighted by Crippen LogP contribution is -2.07. The Bertz CT molecular complexity index is 351. The van der Waals surface area contributed by atoms with Crippen LogP contribution in [0.15, 0.2) is 24.3 Å². The molecule has 0 aliphatic heterocycles. The van der Waals surface area contributed by atoms with Crippen molar-refractivity contribution in [1.82, 2.24) is 0 Å². The van der Waals surface area contributed by atoms with Crippen molar-refractivity contribution in [1.29, 1.82) is 0 Å². The van der Waals surface area contributed by atoms with Crippen molar-refractivity contribution in [2.45, 2.75) is 6.18 Å². The molecule has 1 rings (SSSR count). The van der Waals surface area contributed by atoms with Crippen LogP contribution in [0.25, 0.3) is 0 Å². The largest absolute Gasteiger partial charge is 0.416 e. The molecular weight excluding hydrogens is 215 g/mol. The first kappa shape index (κ1) is 10.9. The Morgan fingerprint density at radius 1 is 1.36 bits per heavy atom.